The molecule has 0 aliphatic heterocycles. The van der Waals surface area contributed by atoms with Crippen LogP contribution in [0.25, 0.3) is 0 Å². The predicted molar refractivity (Wildman–Crippen MR) is 60.6 cm³/mol. The molecule has 0 aromatic carbocycles. The highest BCUT2D eigenvalue weighted by atomic mass is 14.6. The van der Waals surface area contributed by atoms with Crippen molar-refractivity contribution in [3.63, 3.8) is 0 Å². The fraction of sp³-hybridized carbons (Fsp3) is 0.273. The summed E-state index contributed by atoms with van der Waals surface area (Å²) >= 11 is 0. The maximum Gasteiger partial charge on any atom is 0.0338 e. The van der Waals surface area contributed by atoms with Crippen molar-refractivity contribution in [3.05, 3.63) is 35.6 Å². The Bertz CT molecular complexity index is 280. The summed E-state index contributed by atoms with van der Waals surface area (Å²) in [4.78, 5) is 7.60. The van der Waals surface area contributed by atoms with Crippen LogP contribution in [0.15, 0.2) is 45.6 Å². The molecule has 0 aliphatic carbocycles. The molecule has 0 heterocycles. The molecular weight excluding hydrogens is 160 g/mol. The first kappa shape index (κ1) is 11.6. The molecule has 0 atom stereocenters. The van der Waals surface area contributed by atoms with Gasteiger partial charge in [0, 0.05) is 19.5 Å². The SMILES string of the molecule is C=N/C=C(C(=C)C)/C(C)=C/C=NC. The number of rotatable bonds is 4. The van der Waals surface area contributed by atoms with E-state index in [4.69, 9.17) is 0 Å². The molecule has 0 saturated carbocycles. The normalized spacial score (nSPS) is 13.5. The van der Waals surface area contributed by atoms with Gasteiger partial charge in [-0.15, -0.1) is 0 Å². The van der Waals surface area contributed by atoms with Crippen LogP contribution in [0, 0.1) is 0 Å². The number of hydrogen-bond donors (Lipinski definition) is 0. The number of hydrogen-bond acceptors (Lipinski definition) is 2. The maximum atomic E-state index is 3.87. The van der Waals surface area contributed by atoms with E-state index in [0.29, 0.717) is 0 Å². The van der Waals surface area contributed by atoms with Crippen molar-refractivity contribution in [2.45, 2.75) is 13.8 Å². The monoisotopic (exact) mass is 176 g/mol. The second-order valence-corrected chi connectivity index (χ2v) is 2.76. The van der Waals surface area contributed by atoms with Crippen LogP contribution in [0.2, 0.25) is 0 Å². The first-order valence-corrected chi connectivity index (χ1v) is 4.04. The highest BCUT2D eigenvalue weighted by Gasteiger charge is 1.98. The van der Waals surface area contributed by atoms with Crippen LogP contribution in [0.5, 0.6) is 0 Å². The molecule has 0 rings (SSSR count). The second kappa shape index (κ2) is 6.12. The van der Waals surface area contributed by atoms with E-state index >= 15 is 0 Å². The quantitative estimate of drug-likeness (QED) is 0.465. The molecule has 0 unspecified atom stereocenters. The van der Waals surface area contributed by atoms with E-state index in [9.17, 15) is 0 Å². The lowest BCUT2D eigenvalue weighted by Crippen LogP contribution is -1.87. The van der Waals surface area contributed by atoms with Crippen molar-refractivity contribution in [1.29, 1.82) is 0 Å². The predicted octanol–water partition coefficient (Wildman–Crippen LogP) is 2.79. The van der Waals surface area contributed by atoms with Crippen LogP contribution in [0.3, 0.4) is 0 Å². The molecule has 2 nitrogen and oxygen atoms in total. The minimum Gasteiger partial charge on any atom is -0.297 e. The van der Waals surface area contributed by atoms with E-state index in [1.807, 2.05) is 19.9 Å². The molecule has 0 saturated heterocycles. The van der Waals surface area contributed by atoms with Crippen LogP contribution in [0.1, 0.15) is 13.8 Å². The average Bonchev–Trinajstić information content (AvgIpc) is 2.09. The number of nitrogens with zero attached hydrogens (tertiary/aromatic N) is 2. The van der Waals surface area contributed by atoms with E-state index in [1.54, 1.807) is 19.5 Å². The molecule has 0 spiro atoms. The Hall–Kier alpha value is -1.44. The summed E-state index contributed by atoms with van der Waals surface area (Å²) in [7, 11) is 1.74. The van der Waals surface area contributed by atoms with Gasteiger partial charge in [0.15, 0.2) is 0 Å². The fourth-order valence-corrected chi connectivity index (χ4v) is 0.916. The summed E-state index contributed by atoms with van der Waals surface area (Å²) in [5.74, 6) is 0. The van der Waals surface area contributed by atoms with Gasteiger partial charge in [-0.25, -0.2) is 0 Å². The Kier molecular flexibility index (Phi) is 5.44. The molecule has 0 aliphatic rings. The highest BCUT2D eigenvalue weighted by Crippen LogP contribution is 2.16. The molecule has 13 heavy (non-hydrogen) atoms. The first-order valence-electron chi connectivity index (χ1n) is 4.04. The topological polar surface area (TPSA) is 24.7 Å². The van der Waals surface area contributed by atoms with Gasteiger partial charge in [-0.1, -0.05) is 6.58 Å². The standard InChI is InChI=1S/C11H16N2/c1-9(2)11(8-13-5)10(3)6-7-12-4/h6-8H,1,5H2,2-4H3/b10-6+,11-8+,12-7?. The summed E-state index contributed by atoms with van der Waals surface area (Å²) < 4.78 is 0. The van der Waals surface area contributed by atoms with Gasteiger partial charge < -0.3 is 0 Å². The van der Waals surface area contributed by atoms with Crippen molar-refractivity contribution < 1.29 is 0 Å². The molecule has 0 N–H and O–H groups in total. The van der Waals surface area contributed by atoms with Crippen LogP contribution >= 0.6 is 0 Å². The molecule has 0 amide bonds. The van der Waals surface area contributed by atoms with Crippen molar-refractivity contribution in [2.24, 2.45) is 9.98 Å². The third-order valence-corrected chi connectivity index (χ3v) is 1.58. The Balaban J connectivity index is 4.86. The summed E-state index contributed by atoms with van der Waals surface area (Å²) in [6, 6.07) is 0. The zero-order valence-electron chi connectivity index (χ0n) is 8.54. The van der Waals surface area contributed by atoms with Gasteiger partial charge in [0.05, 0.1) is 0 Å². The molecule has 0 bridgehead atoms. The van der Waals surface area contributed by atoms with Gasteiger partial charge in [0.1, 0.15) is 0 Å². The Morgan fingerprint density at radius 3 is 2.31 bits per heavy atom. The summed E-state index contributed by atoms with van der Waals surface area (Å²) in [5, 5.41) is 0. The smallest absolute Gasteiger partial charge is 0.0338 e. The first-order chi connectivity index (χ1) is 6.13. The second-order valence-electron chi connectivity index (χ2n) is 2.76. The molecule has 0 aromatic rings. The average molecular weight is 176 g/mol. The van der Waals surface area contributed by atoms with Gasteiger partial charge in [-0.2, -0.15) is 0 Å². The maximum absolute atomic E-state index is 3.87. The van der Waals surface area contributed by atoms with Gasteiger partial charge in [-0.3, -0.25) is 9.98 Å². The van der Waals surface area contributed by atoms with Gasteiger partial charge in [0.25, 0.3) is 0 Å². The highest BCUT2D eigenvalue weighted by molar-refractivity contribution is 5.74. The minimum atomic E-state index is 0.977. The van der Waals surface area contributed by atoms with Crippen LogP contribution in [0.4, 0.5) is 0 Å². The van der Waals surface area contributed by atoms with Crippen LogP contribution in [-0.2, 0) is 0 Å². The third-order valence-electron chi connectivity index (χ3n) is 1.58. The van der Waals surface area contributed by atoms with Gasteiger partial charge in [0.2, 0.25) is 0 Å². The lowest BCUT2D eigenvalue weighted by atomic mass is 10.0. The van der Waals surface area contributed by atoms with Crippen molar-refractivity contribution in [2.75, 3.05) is 7.05 Å². The number of aliphatic imine (C=N–C) groups is 2. The largest absolute Gasteiger partial charge is 0.297 e. The van der Waals surface area contributed by atoms with Gasteiger partial charge >= 0.3 is 0 Å². The summed E-state index contributed by atoms with van der Waals surface area (Å²) in [5.41, 5.74) is 3.08. The van der Waals surface area contributed by atoms with E-state index in [1.165, 1.54) is 0 Å². The molecule has 0 fully saturated rings. The summed E-state index contributed by atoms with van der Waals surface area (Å²) in [6.07, 6.45) is 5.37. The summed E-state index contributed by atoms with van der Waals surface area (Å²) in [6.45, 7) is 11.2. The third kappa shape index (κ3) is 4.21. The minimum absolute atomic E-state index is 0.977. The van der Waals surface area contributed by atoms with Crippen LogP contribution in [-0.4, -0.2) is 20.0 Å². The van der Waals surface area contributed by atoms with E-state index in [2.05, 4.69) is 23.3 Å². The lowest BCUT2D eigenvalue weighted by Gasteiger charge is -2.04. The van der Waals surface area contributed by atoms with E-state index in [0.717, 1.165) is 16.7 Å². The molecule has 70 valence electrons. The Morgan fingerprint density at radius 2 is 1.92 bits per heavy atom. The zero-order chi connectivity index (χ0) is 10.3. The van der Waals surface area contributed by atoms with E-state index in [-0.39, 0.29) is 0 Å². The van der Waals surface area contributed by atoms with Crippen molar-refractivity contribution >= 4 is 12.9 Å². The van der Waals surface area contributed by atoms with Crippen molar-refractivity contribution in [1.82, 2.24) is 0 Å². The van der Waals surface area contributed by atoms with E-state index < -0.39 is 0 Å². The zero-order valence-corrected chi connectivity index (χ0v) is 8.54. The molecule has 0 aromatic heterocycles. The molecule has 0 radical (unpaired) electrons. The number of allylic oxidation sites excluding steroid dienone is 4. The van der Waals surface area contributed by atoms with Crippen LogP contribution < -0.4 is 0 Å². The van der Waals surface area contributed by atoms with Crippen molar-refractivity contribution in [3.8, 4) is 0 Å². The Morgan fingerprint density at radius 1 is 1.31 bits per heavy atom. The lowest BCUT2D eigenvalue weighted by molar-refractivity contribution is 1.31. The van der Waals surface area contributed by atoms with Gasteiger partial charge in [-0.05, 0) is 43.4 Å². The Labute approximate surface area is 80.1 Å². The fourth-order valence-electron chi connectivity index (χ4n) is 0.916. The molecular formula is C11H16N2. The molecule has 2 heteroatoms.